The Labute approximate surface area is 118 Å². The third kappa shape index (κ3) is 4.17. The van der Waals surface area contributed by atoms with Crippen molar-refractivity contribution >= 4 is 17.4 Å². The molecule has 19 heavy (non-hydrogen) atoms. The highest BCUT2D eigenvalue weighted by molar-refractivity contribution is 6.29. The monoisotopic (exact) mass is 276 g/mol. The molecule has 0 bridgehead atoms. The molecular weight excluding hydrogens is 260 g/mol. The van der Waals surface area contributed by atoms with Gasteiger partial charge in [-0.1, -0.05) is 31.5 Å². The fourth-order valence-electron chi connectivity index (χ4n) is 1.65. The van der Waals surface area contributed by atoms with Gasteiger partial charge in [0.2, 0.25) is 0 Å². The molecular formula is C14H17ClN4. The van der Waals surface area contributed by atoms with Crippen molar-refractivity contribution in [1.82, 2.24) is 15.0 Å². The van der Waals surface area contributed by atoms with Gasteiger partial charge in [0, 0.05) is 36.8 Å². The molecule has 0 saturated heterocycles. The number of anilines is 1. The highest BCUT2D eigenvalue weighted by Gasteiger charge is 2.06. The third-order valence-corrected chi connectivity index (χ3v) is 2.84. The van der Waals surface area contributed by atoms with Crippen LogP contribution in [0.1, 0.15) is 31.3 Å². The summed E-state index contributed by atoms with van der Waals surface area (Å²) in [5.41, 5.74) is 1.05. The first kappa shape index (κ1) is 13.7. The maximum Gasteiger partial charge on any atom is 0.135 e. The van der Waals surface area contributed by atoms with Gasteiger partial charge in [0.25, 0.3) is 0 Å². The summed E-state index contributed by atoms with van der Waals surface area (Å²) >= 11 is 5.99. The smallest absolute Gasteiger partial charge is 0.135 e. The molecule has 2 aromatic rings. The van der Waals surface area contributed by atoms with Crippen molar-refractivity contribution < 1.29 is 0 Å². The minimum absolute atomic E-state index is 0.259. The molecule has 0 atom stereocenters. The van der Waals surface area contributed by atoms with Gasteiger partial charge < -0.3 is 5.32 Å². The third-order valence-electron chi connectivity index (χ3n) is 2.64. The summed E-state index contributed by atoms with van der Waals surface area (Å²) in [6, 6.07) is 7.65. The summed E-state index contributed by atoms with van der Waals surface area (Å²) in [6.07, 6.45) is 2.65. The minimum Gasteiger partial charge on any atom is -0.370 e. The van der Waals surface area contributed by atoms with Crippen LogP contribution in [0.4, 0.5) is 5.82 Å². The minimum atomic E-state index is 0.259. The highest BCUT2D eigenvalue weighted by atomic mass is 35.5. The number of halogens is 1. The topological polar surface area (TPSA) is 50.7 Å². The van der Waals surface area contributed by atoms with Gasteiger partial charge in [0.05, 0.1) is 0 Å². The van der Waals surface area contributed by atoms with E-state index >= 15 is 0 Å². The molecule has 0 spiro atoms. The van der Waals surface area contributed by atoms with Crippen LogP contribution in [-0.2, 0) is 6.42 Å². The number of hydrogen-bond acceptors (Lipinski definition) is 4. The maximum atomic E-state index is 5.99. The molecule has 1 N–H and O–H groups in total. The van der Waals surface area contributed by atoms with Crippen molar-refractivity contribution in [3.05, 3.63) is 47.1 Å². The van der Waals surface area contributed by atoms with Gasteiger partial charge in [-0.25, -0.2) is 9.97 Å². The zero-order chi connectivity index (χ0) is 13.7. The van der Waals surface area contributed by atoms with Crippen LogP contribution in [0.15, 0.2) is 30.5 Å². The first-order chi connectivity index (χ1) is 9.15. The molecule has 4 nitrogen and oxygen atoms in total. The number of aromatic nitrogens is 3. The van der Waals surface area contributed by atoms with Crippen molar-refractivity contribution in [3.63, 3.8) is 0 Å². The predicted molar refractivity (Wildman–Crippen MR) is 77.6 cm³/mol. The van der Waals surface area contributed by atoms with Gasteiger partial charge in [-0.05, 0) is 12.1 Å². The number of nitrogens with one attached hydrogen (secondary N) is 1. The molecule has 0 saturated carbocycles. The first-order valence-electron chi connectivity index (χ1n) is 6.33. The summed E-state index contributed by atoms with van der Waals surface area (Å²) in [7, 11) is 0. The second-order valence-electron chi connectivity index (χ2n) is 4.59. The SMILES string of the molecule is CC(C)c1nc(Cl)cc(NCCc2ccccn2)n1. The maximum absolute atomic E-state index is 5.99. The predicted octanol–water partition coefficient (Wildman–Crippen LogP) is 3.30. The molecule has 0 unspecified atom stereocenters. The Morgan fingerprint density at radius 1 is 1.26 bits per heavy atom. The normalized spacial score (nSPS) is 10.7. The quantitative estimate of drug-likeness (QED) is 0.852. The summed E-state index contributed by atoms with van der Waals surface area (Å²) in [6.45, 7) is 4.86. The fraction of sp³-hybridized carbons (Fsp3) is 0.357. The highest BCUT2D eigenvalue weighted by Crippen LogP contribution is 2.16. The fourth-order valence-corrected chi connectivity index (χ4v) is 1.84. The summed E-state index contributed by atoms with van der Waals surface area (Å²) in [5.74, 6) is 1.78. The largest absolute Gasteiger partial charge is 0.370 e. The average molecular weight is 277 g/mol. The molecule has 0 aliphatic rings. The molecule has 2 aromatic heterocycles. The van der Waals surface area contributed by atoms with Crippen LogP contribution in [0.25, 0.3) is 0 Å². The second-order valence-corrected chi connectivity index (χ2v) is 4.97. The molecule has 0 fully saturated rings. The molecule has 5 heteroatoms. The van der Waals surface area contributed by atoms with Crippen LogP contribution < -0.4 is 5.32 Å². The van der Waals surface area contributed by atoms with Crippen LogP contribution in [0.2, 0.25) is 5.15 Å². The average Bonchev–Trinajstić information content (AvgIpc) is 2.39. The van der Waals surface area contributed by atoms with Crippen molar-refractivity contribution in [2.24, 2.45) is 0 Å². The summed E-state index contributed by atoms with van der Waals surface area (Å²) < 4.78 is 0. The van der Waals surface area contributed by atoms with Crippen LogP contribution in [0.3, 0.4) is 0 Å². The summed E-state index contributed by atoms with van der Waals surface area (Å²) in [5, 5.41) is 3.73. The molecule has 0 aliphatic heterocycles. The number of nitrogens with zero attached hydrogens (tertiary/aromatic N) is 3. The number of rotatable bonds is 5. The van der Waals surface area contributed by atoms with E-state index in [2.05, 4.69) is 20.3 Å². The molecule has 0 radical (unpaired) electrons. The number of hydrogen-bond donors (Lipinski definition) is 1. The molecule has 2 heterocycles. The van der Waals surface area contributed by atoms with Gasteiger partial charge in [0.15, 0.2) is 0 Å². The van der Waals surface area contributed by atoms with Crippen molar-refractivity contribution in [2.45, 2.75) is 26.2 Å². The van der Waals surface area contributed by atoms with E-state index in [0.717, 1.165) is 30.3 Å². The van der Waals surface area contributed by atoms with Gasteiger partial charge in [-0.3, -0.25) is 4.98 Å². The van der Waals surface area contributed by atoms with Crippen molar-refractivity contribution in [2.75, 3.05) is 11.9 Å². The number of pyridine rings is 1. The Kier molecular flexibility index (Phi) is 4.68. The van der Waals surface area contributed by atoms with Crippen LogP contribution >= 0.6 is 11.6 Å². The Bertz CT molecular complexity index is 528. The lowest BCUT2D eigenvalue weighted by Gasteiger charge is -2.09. The molecule has 100 valence electrons. The molecule has 0 aromatic carbocycles. The van der Waals surface area contributed by atoms with E-state index in [1.807, 2.05) is 32.0 Å². The van der Waals surface area contributed by atoms with Gasteiger partial charge >= 0.3 is 0 Å². The van der Waals surface area contributed by atoms with E-state index < -0.39 is 0 Å². The van der Waals surface area contributed by atoms with Crippen molar-refractivity contribution in [1.29, 1.82) is 0 Å². The molecule has 2 rings (SSSR count). The van der Waals surface area contributed by atoms with Gasteiger partial charge in [-0.15, -0.1) is 0 Å². The standard InChI is InChI=1S/C14H17ClN4/c1-10(2)14-18-12(15)9-13(19-14)17-8-6-11-5-3-4-7-16-11/h3-5,7,9-10H,6,8H2,1-2H3,(H,17,18,19). The van der Waals surface area contributed by atoms with Gasteiger partial charge in [-0.2, -0.15) is 0 Å². The van der Waals surface area contributed by atoms with Crippen LogP contribution in [-0.4, -0.2) is 21.5 Å². The molecule has 0 aliphatic carbocycles. The lowest BCUT2D eigenvalue weighted by molar-refractivity contribution is 0.774. The van der Waals surface area contributed by atoms with Crippen LogP contribution in [0, 0.1) is 0 Å². The van der Waals surface area contributed by atoms with Gasteiger partial charge in [0.1, 0.15) is 16.8 Å². The first-order valence-corrected chi connectivity index (χ1v) is 6.71. The van der Waals surface area contributed by atoms with E-state index in [0.29, 0.717) is 5.15 Å². The Hall–Kier alpha value is -1.68. The Morgan fingerprint density at radius 3 is 2.79 bits per heavy atom. The Balaban J connectivity index is 1.96. The Morgan fingerprint density at radius 2 is 2.11 bits per heavy atom. The van der Waals surface area contributed by atoms with Crippen molar-refractivity contribution in [3.8, 4) is 0 Å². The van der Waals surface area contributed by atoms with E-state index in [9.17, 15) is 0 Å². The zero-order valence-electron chi connectivity index (χ0n) is 11.1. The van der Waals surface area contributed by atoms with E-state index in [1.165, 1.54) is 0 Å². The molecule has 0 amide bonds. The summed E-state index contributed by atoms with van der Waals surface area (Å²) in [4.78, 5) is 12.9. The van der Waals surface area contributed by atoms with Crippen LogP contribution in [0.5, 0.6) is 0 Å². The second kappa shape index (κ2) is 6.48. The lowest BCUT2D eigenvalue weighted by Crippen LogP contribution is -2.09. The van der Waals surface area contributed by atoms with E-state index in [4.69, 9.17) is 11.6 Å². The van der Waals surface area contributed by atoms with E-state index in [1.54, 1.807) is 12.3 Å². The lowest BCUT2D eigenvalue weighted by atomic mass is 10.2. The van der Waals surface area contributed by atoms with E-state index in [-0.39, 0.29) is 5.92 Å². The zero-order valence-corrected chi connectivity index (χ0v) is 11.9.